The molecule has 2 nitrogen and oxygen atoms in total. The van der Waals surface area contributed by atoms with Crippen LogP contribution in [-0.4, -0.2) is 9.97 Å². The zero-order valence-electron chi connectivity index (χ0n) is 12.5. The number of aromatic nitrogens is 2. The fourth-order valence-corrected chi connectivity index (χ4v) is 2.43. The van der Waals surface area contributed by atoms with Crippen LogP contribution in [0.1, 0.15) is 50.2 Å². The predicted molar refractivity (Wildman–Crippen MR) is 79.1 cm³/mol. The van der Waals surface area contributed by atoms with Crippen molar-refractivity contribution in [2.45, 2.75) is 53.4 Å². The fraction of sp³-hybridized carbons (Fsp3) is 0.500. The molecule has 0 aromatic carbocycles. The van der Waals surface area contributed by atoms with E-state index in [2.05, 4.69) is 37.7 Å². The van der Waals surface area contributed by atoms with Gasteiger partial charge in [-0.3, -0.25) is 0 Å². The van der Waals surface area contributed by atoms with Gasteiger partial charge in [0.2, 0.25) is 0 Å². The van der Waals surface area contributed by atoms with Gasteiger partial charge in [0.05, 0.1) is 0 Å². The summed E-state index contributed by atoms with van der Waals surface area (Å²) in [5.74, 6) is 0. The summed E-state index contributed by atoms with van der Waals surface area (Å²) in [5.41, 5.74) is 6.05. The summed E-state index contributed by atoms with van der Waals surface area (Å²) in [7, 11) is 0. The van der Waals surface area contributed by atoms with Crippen molar-refractivity contribution < 1.29 is 19.5 Å². The molecule has 0 radical (unpaired) electrons. The van der Waals surface area contributed by atoms with E-state index in [4.69, 9.17) is 0 Å². The van der Waals surface area contributed by atoms with Crippen LogP contribution in [0.4, 0.5) is 0 Å². The van der Waals surface area contributed by atoms with E-state index < -0.39 is 0 Å². The Morgan fingerprint density at radius 2 is 1.16 bits per heavy atom. The Morgan fingerprint density at radius 3 is 1.37 bits per heavy atom. The largest absolute Gasteiger partial charge is 0.368 e. The normalized spacial score (nSPS) is 9.47. The molecule has 2 heterocycles. The zero-order valence-corrected chi connectivity index (χ0v) is 14.2. The van der Waals surface area contributed by atoms with Gasteiger partial charge in [-0.05, 0) is 48.9 Å². The maximum Gasteiger partial charge on any atom is 0.0181 e. The van der Waals surface area contributed by atoms with Crippen LogP contribution in [0, 0.1) is 0 Å². The maximum atomic E-state index is 3.55. The Balaban J connectivity index is 0.000000454. The fourth-order valence-electron chi connectivity index (χ4n) is 2.43. The van der Waals surface area contributed by atoms with E-state index in [1.54, 1.807) is 11.1 Å². The van der Waals surface area contributed by atoms with Gasteiger partial charge < -0.3 is 9.97 Å². The van der Waals surface area contributed by atoms with Crippen LogP contribution in [0.15, 0.2) is 24.5 Å². The van der Waals surface area contributed by atoms with Gasteiger partial charge in [0.15, 0.2) is 0 Å². The van der Waals surface area contributed by atoms with Gasteiger partial charge in [0.25, 0.3) is 0 Å². The van der Waals surface area contributed by atoms with E-state index in [1.165, 1.54) is 24.2 Å². The molecule has 0 unspecified atom stereocenters. The van der Waals surface area contributed by atoms with Crippen LogP contribution in [-0.2, 0) is 45.2 Å². The Hall–Kier alpha value is -0.817. The van der Waals surface area contributed by atoms with Crippen molar-refractivity contribution in [1.82, 2.24) is 9.97 Å². The minimum atomic E-state index is 0. The molecule has 0 amide bonds. The van der Waals surface area contributed by atoms with Crippen LogP contribution in [0.2, 0.25) is 0 Å². The molecule has 3 heteroatoms. The van der Waals surface area contributed by atoms with E-state index in [0.29, 0.717) is 0 Å². The molecule has 0 aliphatic carbocycles. The summed E-state index contributed by atoms with van der Waals surface area (Å²) in [6.07, 6.45) is 8.36. The average Bonchev–Trinajstić information content (AvgIpc) is 3.08. The molecule has 0 saturated carbocycles. The van der Waals surface area contributed by atoms with Crippen LogP contribution in [0.5, 0.6) is 0 Å². The van der Waals surface area contributed by atoms with Crippen LogP contribution in [0.3, 0.4) is 0 Å². The quantitative estimate of drug-likeness (QED) is 0.774. The van der Waals surface area contributed by atoms with Crippen LogP contribution < -0.4 is 0 Å². The summed E-state index contributed by atoms with van der Waals surface area (Å²) in [5, 5.41) is 0. The second kappa shape index (κ2) is 10.0. The zero-order chi connectivity index (χ0) is 13.4. The third kappa shape index (κ3) is 4.99. The van der Waals surface area contributed by atoms with Gasteiger partial charge in [0, 0.05) is 43.3 Å². The number of aryl methyl sites for hydroxylation is 2. The molecule has 19 heavy (non-hydrogen) atoms. The Kier molecular flexibility index (Phi) is 9.60. The van der Waals surface area contributed by atoms with Gasteiger partial charge in [0.1, 0.15) is 0 Å². The first-order valence-corrected chi connectivity index (χ1v) is 7.07. The second-order valence-electron chi connectivity index (χ2n) is 4.34. The molecule has 0 fully saturated rings. The average molecular weight is 347 g/mol. The SMILES string of the molecule is CCc1[nH]c(CC)c(CC)c1CC.[Ru].c1cc[nH]c1. The molecule has 2 aromatic rings. The molecular formula is C16H26N2Ru. The summed E-state index contributed by atoms with van der Waals surface area (Å²) in [6.45, 7) is 8.95. The van der Waals surface area contributed by atoms with Crippen molar-refractivity contribution in [2.24, 2.45) is 0 Å². The molecule has 0 atom stereocenters. The van der Waals surface area contributed by atoms with E-state index in [0.717, 1.165) is 12.8 Å². The molecule has 0 saturated heterocycles. The van der Waals surface area contributed by atoms with E-state index in [-0.39, 0.29) is 19.5 Å². The number of H-pyrrole nitrogens is 2. The maximum absolute atomic E-state index is 3.55. The van der Waals surface area contributed by atoms with Crippen molar-refractivity contribution in [1.29, 1.82) is 0 Å². The monoisotopic (exact) mass is 348 g/mol. The predicted octanol–water partition coefficient (Wildman–Crippen LogP) is 4.28. The van der Waals surface area contributed by atoms with Gasteiger partial charge in [-0.15, -0.1) is 0 Å². The molecular weight excluding hydrogens is 321 g/mol. The molecule has 2 rings (SSSR count). The van der Waals surface area contributed by atoms with E-state index in [1.807, 2.05) is 24.5 Å². The number of hydrogen-bond donors (Lipinski definition) is 2. The second-order valence-corrected chi connectivity index (χ2v) is 4.34. The van der Waals surface area contributed by atoms with E-state index >= 15 is 0 Å². The first-order chi connectivity index (χ1) is 8.78. The van der Waals surface area contributed by atoms with Gasteiger partial charge >= 0.3 is 0 Å². The number of hydrogen-bond acceptors (Lipinski definition) is 0. The third-order valence-corrected chi connectivity index (χ3v) is 3.30. The summed E-state index contributed by atoms with van der Waals surface area (Å²) in [4.78, 5) is 6.41. The summed E-state index contributed by atoms with van der Waals surface area (Å²) < 4.78 is 0. The van der Waals surface area contributed by atoms with Crippen LogP contribution >= 0.6 is 0 Å². The van der Waals surface area contributed by atoms with Crippen molar-refractivity contribution in [3.05, 3.63) is 47.0 Å². The topological polar surface area (TPSA) is 31.6 Å². The Morgan fingerprint density at radius 1 is 0.737 bits per heavy atom. The van der Waals surface area contributed by atoms with Crippen molar-refractivity contribution in [3.8, 4) is 0 Å². The Labute approximate surface area is 130 Å². The number of nitrogens with one attached hydrogen (secondary N) is 2. The summed E-state index contributed by atoms with van der Waals surface area (Å²) in [6, 6.07) is 3.89. The molecule has 108 valence electrons. The van der Waals surface area contributed by atoms with Crippen LogP contribution in [0.25, 0.3) is 0 Å². The minimum absolute atomic E-state index is 0. The van der Waals surface area contributed by atoms with Gasteiger partial charge in [-0.2, -0.15) is 0 Å². The number of aromatic amines is 2. The van der Waals surface area contributed by atoms with E-state index in [9.17, 15) is 0 Å². The molecule has 0 bridgehead atoms. The van der Waals surface area contributed by atoms with Crippen molar-refractivity contribution in [3.63, 3.8) is 0 Å². The number of rotatable bonds is 4. The molecule has 2 N–H and O–H groups in total. The van der Waals surface area contributed by atoms with Gasteiger partial charge in [-0.1, -0.05) is 27.7 Å². The first-order valence-electron chi connectivity index (χ1n) is 7.07. The molecule has 2 aromatic heterocycles. The third-order valence-electron chi connectivity index (χ3n) is 3.30. The van der Waals surface area contributed by atoms with Crippen molar-refractivity contribution in [2.75, 3.05) is 0 Å². The molecule has 0 aliphatic heterocycles. The first kappa shape index (κ1) is 18.2. The summed E-state index contributed by atoms with van der Waals surface area (Å²) >= 11 is 0. The smallest absolute Gasteiger partial charge is 0.0181 e. The minimum Gasteiger partial charge on any atom is -0.368 e. The molecule has 0 spiro atoms. The molecule has 0 aliphatic rings. The van der Waals surface area contributed by atoms with Crippen molar-refractivity contribution >= 4 is 0 Å². The Bertz CT molecular complexity index is 386. The van der Waals surface area contributed by atoms with Gasteiger partial charge in [-0.25, -0.2) is 0 Å². The standard InChI is InChI=1S/C12H21N.C4H5N.Ru/c1-5-9-10(6-2)12(8-4)13-11(9)7-3;1-2-4-5-3-1;/h13H,5-8H2,1-4H3;1-5H;.